The lowest BCUT2D eigenvalue weighted by atomic mass is 10.3. The summed E-state index contributed by atoms with van der Waals surface area (Å²) in [5.41, 5.74) is 0.673. The first-order valence-corrected chi connectivity index (χ1v) is 6.10. The van der Waals surface area contributed by atoms with E-state index in [4.69, 9.17) is 4.74 Å². The maximum atomic E-state index is 11.8. The minimum Gasteiger partial charge on any atom is -0.484 e. The van der Waals surface area contributed by atoms with Crippen molar-refractivity contribution in [1.82, 2.24) is 14.6 Å². The number of carbonyl (C=O) groups excluding carboxylic acids is 1. The van der Waals surface area contributed by atoms with Gasteiger partial charge in [-0.3, -0.25) is 14.5 Å². The predicted molar refractivity (Wildman–Crippen MR) is 73.6 cm³/mol. The van der Waals surface area contributed by atoms with Gasteiger partial charge in [0, 0.05) is 6.20 Å². The van der Waals surface area contributed by atoms with Crippen molar-refractivity contribution in [2.24, 2.45) is 0 Å². The molecule has 3 aromatic rings. The van der Waals surface area contributed by atoms with Gasteiger partial charge in [-0.15, -0.1) is 10.2 Å². The van der Waals surface area contributed by atoms with Crippen LogP contribution in [0.5, 0.6) is 5.75 Å². The molecule has 0 saturated carbocycles. The van der Waals surface area contributed by atoms with Crippen LogP contribution in [0.3, 0.4) is 0 Å². The Kier molecular flexibility index (Phi) is 3.28. The van der Waals surface area contributed by atoms with Crippen LogP contribution in [0.4, 0.5) is 5.95 Å². The van der Waals surface area contributed by atoms with Crippen LogP contribution in [-0.4, -0.2) is 27.1 Å². The van der Waals surface area contributed by atoms with Crippen molar-refractivity contribution < 1.29 is 9.53 Å². The highest BCUT2D eigenvalue weighted by Crippen LogP contribution is 2.09. The number of nitrogens with one attached hydrogen (secondary N) is 1. The molecular weight excluding hydrogens is 256 g/mol. The molecule has 2 heterocycles. The van der Waals surface area contributed by atoms with E-state index in [0.717, 1.165) is 0 Å². The van der Waals surface area contributed by atoms with Gasteiger partial charge in [0.05, 0.1) is 0 Å². The van der Waals surface area contributed by atoms with Crippen molar-refractivity contribution >= 4 is 17.5 Å². The number of ether oxygens (including phenoxy) is 1. The third-order valence-corrected chi connectivity index (χ3v) is 2.68. The van der Waals surface area contributed by atoms with Crippen molar-refractivity contribution in [3.63, 3.8) is 0 Å². The van der Waals surface area contributed by atoms with Crippen molar-refractivity contribution in [2.45, 2.75) is 0 Å². The maximum absolute atomic E-state index is 11.8. The summed E-state index contributed by atoms with van der Waals surface area (Å²) in [4.78, 5) is 11.8. The zero-order valence-corrected chi connectivity index (χ0v) is 10.6. The molecule has 2 aromatic heterocycles. The van der Waals surface area contributed by atoms with Gasteiger partial charge in [0.15, 0.2) is 12.3 Å². The molecule has 0 aliphatic rings. The lowest BCUT2D eigenvalue weighted by molar-refractivity contribution is -0.118. The molecule has 100 valence electrons. The Bertz CT molecular complexity index is 724. The number of nitrogens with zero attached hydrogens (tertiary/aromatic N) is 3. The van der Waals surface area contributed by atoms with Crippen molar-refractivity contribution in [1.29, 1.82) is 0 Å². The van der Waals surface area contributed by atoms with Gasteiger partial charge in [-0.1, -0.05) is 24.3 Å². The van der Waals surface area contributed by atoms with Gasteiger partial charge in [0.25, 0.3) is 5.91 Å². The zero-order valence-electron chi connectivity index (χ0n) is 10.6. The van der Waals surface area contributed by atoms with E-state index in [-0.39, 0.29) is 12.5 Å². The van der Waals surface area contributed by atoms with Gasteiger partial charge in [0.2, 0.25) is 5.95 Å². The van der Waals surface area contributed by atoms with Gasteiger partial charge in [-0.25, -0.2) is 0 Å². The second-order valence-corrected chi connectivity index (χ2v) is 4.10. The summed E-state index contributed by atoms with van der Waals surface area (Å²) in [6, 6.07) is 14.7. The minimum absolute atomic E-state index is 0.0776. The average molecular weight is 268 g/mol. The SMILES string of the molecule is O=C(COc1ccccc1)Nc1nnc2ccccn12. The first-order chi connectivity index (χ1) is 9.83. The summed E-state index contributed by atoms with van der Waals surface area (Å²) in [7, 11) is 0. The van der Waals surface area contributed by atoms with Crippen molar-refractivity contribution in [3.05, 3.63) is 54.7 Å². The van der Waals surface area contributed by atoms with Crippen LogP contribution in [0.25, 0.3) is 5.65 Å². The van der Waals surface area contributed by atoms with E-state index < -0.39 is 0 Å². The van der Waals surface area contributed by atoms with Crippen LogP contribution in [0.2, 0.25) is 0 Å². The molecular formula is C14H12N4O2. The third-order valence-electron chi connectivity index (χ3n) is 2.68. The molecule has 1 aromatic carbocycles. The molecule has 0 aliphatic carbocycles. The van der Waals surface area contributed by atoms with Crippen LogP contribution >= 0.6 is 0 Å². The van der Waals surface area contributed by atoms with Gasteiger partial charge in [-0.05, 0) is 24.3 Å². The quantitative estimate of drug-likeness (QED) is 0.782. The summed E-state index contributed by atoms with van der Waals surface area (Å²) in [5.74, 6) is 0.739. The molecule has 1 amide bonds. The van der Waals surface area contributed by atoms with E-state index in [1.165, 1.54) is 0 Å². The molecule has 0 unspecified atom stereocenters. The molecule has 1 N–H and O–H groups in total. The Labute approximate surface area is 115 Å². The summed E-state index contributed by atoms with van der Waals surface area (Å²) in [6.45, 7) is -0.0776. The van der Waals surface area contributed by atoms with E-state index in [2.05, 4.69) is 15.5 Å². The van der Waals surface area contributed by atoms with E-state index in [1.54, 1.807) is 22.7 Å². The number of hydrogen-bond donors (Lipinski definition) is 1. The van der Waals surface area contributed by atoms with Crippen molar-refractivity contribution in [3.8, 4) is 5.75 Å². The average Bonchev–Trinajstić information content (AvgIpc) is 2.90. The molecule has 0 fully saturated rings. The number of anilines is 1. The Morgan fingerprint density at radius 2 is 1.90 bits per heavy atom. The summed E-state index contributed by atoms with van der Waals surface area (Å²) in [5, 5.41) is 10.5. The van der Waals surface area contributed by atoms with Gasteiger partial charge in [0.1, 0.15) is 5.75 Å². The molecule has 6 nitrogen and oxygen atoms in total. The fraction of sp³-hybridized carbons (Fsp3) is 0.0714. The predicted octanol–water partition coefficient (Wildman–Crippen LogP) is 1.75. The molecule has 20 heavy (non-hydrogen) atoms. The Morgan fingerprint density at radius 3 is 2.75 bits per heavy atom. The van der Waals surface area contributed by atoms with Crippen LogP contribution in [0, 0.1) is 0 Å². The molecule has 0 bridgehead atoms. The standard InChI is InChI=1S/C14H12N4O2/c19-13(10-20-11-6-2-1-3-7-11)15-14-17-16-12-8-4-5-9-18(12)14/h1-9H,10H2,(H,15,17,19). The lowest BCUT2D eigenvalue weighted by Crippen LogP contribution is -2.21. The number of carbonyl (C=O) groups is 1. The fourth-order valence-corrected chi connectivity index (χ4v) is 1.75. The molecule has 0 aliphatic heterocycles. The molecule has 0 saturated heterocycles. The van der Waals surface area contributed by atoms with E-state index in [9.17, 15) is 4.79 Å². The van der Waals surface area contributed by atoms with Gasteiger partial charge in [-0.2, -0.15) is 0 Å². The largest absolute Gasteiger partial charge is 0.484 e. The summed E-state index contributed by atoms with van der Waals surface area (Å²) < 4.78 is 7.05. The Balaban J connectivity index is 1.64. The Hall–Kier alpha value is -2.89. The van der Waals surface area contributed by atoms with E-state index in [0.29, 0.717) is 17.3 Å². The number of fused-ring (bicyclic) bond motifs is 1. The van der Waals surface area contributed by atoms with E-state index in [1.807, 2.05) is 36.4 Å². The van der Waals surface area contributed by atoms with Crippen LogP contribution in [0.1, 0.15) is 0 Å². The highest BCUT2D eigenvalue weighted by molar-refractivity contribution is 5.90. The van der Waals surface area contributed by atoms with Crippen molar-refractivity contribution in [2.75, 3.05) is 11.9 Å². The van der Waals surface area contributed by atoms with Gasteiger partial charge < -0.3 is 4.74 Å². The number of benzene rings is 1. The van der Waals surface area contributed by atoms with Crippen LogP contribution in [-0.2, 0) is 4.79 Å². The normalized spacial score (nSPS) is 10.4. The molecule has 0 spiro atoms. The maximum Gasteiger partial charge on any atom is 0.264 e. The Morgan fingerprint density at radius 1 is 1.10 bits per heavy atom. The second-order valence-electron chi connectivity index (χ2n) is 4.10. The number of aromatic nitrogens is 3. The second kappa shape index (κ2) is 5.40. The number of para-hydroxylation sites is 1. The number of amides is 1. The monoisotopic (exact) mass is 268 g/mol. The number of pyridine rings is 1. The first-order valence-electron chi connectivity index (χ1n) is 6.10. The first kappa shape index (κ1) is 12.2. The molecule has 0 atom stereocenters. The number of hydrogen-bond acceptors (Lipinski definition) is 4. The summed E-state index contributed by atoms with van der Waals surface area (Å²) in [6.07, 6.45) is 1.78. The zero-order chi connectivity index (χ0) is 13.8. The highest BCUT2D eigenvalue weighted by Gasteiger charge is 2.09. The van der Waals surface area contributed by atoms with E-state index >= 15 is 0 Å². The highest BCUT2D eigenvalue weighted by atomic mass is 16.5. The minimum atomic E-state index is -0.285. The third kappa shape index (κ3) is 2.59. The number of rotatable bonds is 4. The smallest absolute Gasteiger partial charge is 0.264 e. The molecule has 3 rings (SSSR count). The molecule has 0 radical (unpaired) electrons. The van der Waals surface area contributed by atoms with Gasteiger partial charge >= 0.3 is 0 Å². The summed E-state index contributed by atoms with van der Waals surface area (Å²) >= 11 is 0. The van der Waals surface area contributed by atoms with Crippen LogP contribution in [0.15, 0.2) is 54.7 Å². The van der Waals surface area contributed by atoms with Crippen LogP contribution < -0.4 is 10.1 Å². The topological polar surface area (TPSA) is 68.5 Å². The lowest BCUT2D eigenvalue weighted by Gasteiger charge is -2.06. The fourth-order valence-electron chi connectivity index (χ4n) is 1.75. The molecule has 6 heteroatoms.